The molecule has 0 aliphatic carbocycles. The van der Waals surface area contributed by atoms with E-state index in [9.17, 15) is 23.1 Å². The maximum absolute atomic E-state index is 13.0. The van der Waals surface area contributed by atoms with Gasteiger partial charge in [-0.2, -0.15) is 13.2 Å². The van der Waals surface area contributed by atoms with E-state index in [1.54, 1.807) is 0 Å². The Kier molecular flexibility index (Phi) is 6.78. The molecule has 3 N–H and O–H groups in total. The fourth-order valence-corrected chi connectivity index (χ4v) is 4.68. The highest BCUT2D eigenvalue weighted by Crippen LogP contribution is 2.34. The molecule has 192 valence electrons. The number of hydrogen-bond acceptors (Lipinski definition) is 4. The summed E-state index contributed by atoms with van der Waals surface area (Å²) in [5, 5.41) is 13.6. The van der Waals surface area contributed by atoms with Crippen LogP contribution in [0.25, 0.3) is 10.9 Å². The van der Waals surface area contributed by atoms with E-state index in [1.807, 2.05) is 30.3 Å². The maximum Gasteiger partial charge on any atom is 0.416 e. The molecule has 0 radical (unpaired) electrons. The fraction of sp³-hybridized carbons (Fsp3) is 0.286. The molecule has 1 unspecified atom stereocenters. The van der Waals surface area contributed by atoms with Crippen LogP contribution >= 0.6 is 0 Å². The van der Waals surface area contributed by atoms with Crippen molar-refractivity contribution in [3.05, 3.63) is 88.7 Å². The first-order valence-electron chi connectivity index (χ1n) is 12.1. The number of carboxylic acid groups (broad SMARTS) is 1. The first-order valence-corrected chi connectivity index (χ1v) is 12.1. The molecule has 37 heavy (non-hydrogen) atoms. The summed E-state index contributed by atoms with van der Waals surface area (Å²) in [6.45, 7) is 1.38. The van der Waals surface area contributed by atoms with Crippen LogP contribution < -0.4 is 10.1 Å². The lowest BCUT2D eigenvalue weighted by Crippen LogP contribution is -2.14. The third-order valence-electron chi connectivity index (χ3n) is 6.59. The highest BCUT2D eigenvalue weighted by molar-refractivity contribution is 5.82. The predicted octanol–water partition coefficient (Wildman–Crippen LogP) is 6.17. The van der Waals surface area contributed by atoms with Crippen molar-refractivity contribution in [3.63, 3.8) is 0 Å². The number of alkyl halides is 3. The lowest BCUT2D eigenvalue weighted by atomic mass is 9.91. The number of hydrogen-bond donors (Lipinski definition) is 3. The monoisotopic (exact) mass is 509 g/mol. The Morgan fingerprint density at radius 2 is 1.89 bits per heavy atom. The van der Waals surface area contributed by atoms with Gasteiger partial charge in [0.2, 0.25) is 0 Å². The van der Waals surface area contributed by atoms with Gasteiger partial charge in [-0.1, -0.05) is 18.2 Å². The number of nitrogens with one attached hydrogen (secondary N) is 2. The van der Waals surface area contributed by atoms with Crippen molar-refractivity contribution in [1.29, 1.82) is 0 Å². The van der Waals surface area contributed by atoms with Crippen LogP contribution in [0.2, 0.25) is 0 Å². The number of H-pyrrole nitrogens is 1. The first kappa shape index (κ1) is 24.7. The Bertz CT molecular complexity index is 1410. The SMILES string of the molecule is O=C(O)CC(c1ccc(C(F)(F)F)cc1)c1cc2cc(OCCc3ccc4c(n3)NCCC4)ccc2[nH]1. The summed E-state index contributed by atoms with van der Waals surface area (Å²) < 4.78 is 44.8. The number of carboxylic acids is 1. The number of nitrogens with zero attached hydrogens (tertiary/aromatic N) is 1. The Balaban J connectivity index is 1.30. The molecule has 3 heterocycles. The molecule has 0 saturated heterocycles. The molecule has 1 aliphatic heterocycles. The van der Waals surface area contributed by atoms with Gasteiger partial charge in [-0.15, -0.1) is 0 Å². The number of benzene rings is 2. The summed E-state index contributed by atoms with van der Waals surface area (Å²) in [5.41, 5.74) is 3.30. The van der Waals surface area contributed by atoms with E-state index >= 15 is 0 Å². The molecule has 0 bridgehead atoms. The number of aliphatic carboxylic acids is 1. The van der Waals surface area contributed by atoms with Crippen LogP contribution in [-0.4, -0.2) is 34.2 Å². The second-order valence-corrected chi connectivity index (χ2v) is 9.18. The minimum absolute atomic E-state index is 0.260. The second-order valence-electron chi connectivity index (χ2n) is 9.18. The van der Waals surface area contributed by atoms with Crippen molar-refractivity contribution in [2.75, 3.05) is 18.5 Å². The van der Waals surface area contributed by atoms with Crippen molar-refractivity contribution in [1.82, 2.24) is 9.97 Å². The molecule has 5 rings (SSSR count). The van der Waals surface area contributed by atoms with Gasteiger partial charge in [-0.3, -0.25) is 4.79 Å². The number of carbonyl (C=O) groups is 1. The topological polar surface area (TPSA) is 87.2 Å². The van der Waals surface area contributed by atoms with Gasteiger partial charge < -0.3 is 20.1 Å². The zero-order valence-electron chi connectivity index (χ0n) is 19.9. The van der Waals surface area contributed by atoms with Gasteiger partial charge in [0.1, 0.15) is 11.6 Å². The number of pyridine rings is 1. The molecule has 0 fully saturated rings. The van der Waals surface area contributed by atoms with Gasteiger partial charge in [0.15, 0.2) is 0 Å². The molecule has 2 aromatic heterocycles. The highest BCUT2D eigenvalue weighted by atomic mass is 19.4. The van der Waals surface area contributed by atoms with Crippen LogP contribution in [0.4, 0.5) is 19.0 Å². The molecule has 9 heteroatoms. The van der Waals surface area contributed by atoms with Gasteiger partial charge in [0.25, 0.3) is 0 Å². The normalized spacial score (nSPS) is 14.1. The van der Waals surface area contributed by atoms with E-state index < -0.39 is 23.6 Å². The van der Waals surface area contributed by atoms with E-state index in [0.717, 1.165) is 53.9 Å². The average molecular weight is 510 g/mol. The molecule has 0 amide bonds. The summed E-state index contributed by atoms with van der Waals surface area (Å²) in [6, 6.07) is 16.1. The number of aromatic amines is 1. The third kappa shape index (κ3) is 5.71. The molecule has 6 nitrogen and oxygen atoms in total. The zero-order chi connectivity index (χ0) is 26.0. The minimum atomic E-state index is -4.45. The molecular weight excluding hydrogens is 483 g/mol. The largest absolute Gasteiger partial charge is 0.493 e. The predicted molar refractivity (Wildman–Crippen MR) is 134 cm³/mol. The molecule has 0 saturated carbocycles. The Morgan fingerprint density at radius 1 is 1.08 bits per heavy atom. The molecule has 1 aliphatic rings. The number of rotatable bonds is 8. The summed E-state index contributed by atoms with van der Waals surface area (Å²) in [6.07, 6.45) is -1.91. The van der Waals surface area contributed by atoms with Crippen molar-refractivity contribution < 1.29 is 27.8 Å². The standard InChI is InChI=1S/C28H26F3N3O3/c29-28(30,31)20-6-3-17(4-7-20)23(16-26(35)36)25-15-19-14-22(9-10-24(19)34-25)37-13-11-21-8-5-18-2-1-12-32-27(18)33-21/h3-10,14-15,23,34H,1-2,11-13,16H2,(H,32,33)(H,35,36). The van der Waals surface area contributed by atoms with Crippen molar-refractivity contribution in [3.8, 4) is 5.75 Å². The quantitative estimate of drug-likeness (QED) is 0.265. The van der Waals surface area contributed by atoms with E-state index in [2.05, 4.69) is 21.4 Å². The fourth-order valence-electron chi connectivity index (χ4n) is 4.68. The Hall–Kier alpha value is -4.01. The molecular formula is C28H26F3N3O3. The number of ether oxygens (including phenoxy) is 1. The van der Waals surface area contributed by atoms with Crippen molar-refractivity contribution in [2.24, 2.45) is 0 Å². The third-order valence-corrected chi connectivity index (χ3v) is 6.59. The zero-order valence-corrected chi connectivity index (χ0v) is 19.9. The van der Waals surface area contributed by atoms with E-state index in [-0.39, 0.29) is 6.42 Å². The van der Waals surface area contributed by atoms with Crippen molar-refractivity contribution in [2.45, 2.75) is 37.8 Å². The first-order chi connectivity index (χ1) is 17.8. The molecule has 2 aromatic carbocycles. The summed E-state index contributed by atoms with van der Waals surface area (Å²) in [7, 11) is 0. The molecule has 0 spiro atoms. The summed E-state index contributed by atoms with van der Waals surface area (Å²) >= 11 is 0. The second kappa shape index (κ2) is 10.2. The van der Waals surface area contributed by atoms with Crippen LogP contribution in [0, 0.1) is 0 Å². The van der Waals surface area contributed by atoms with Gasteiger partial charge in [-0.25, -0.2) is 4.98 Å². The van der Waals surface area contributed by atoms with Gasteiger partial charge in [0, 0.05) is 41.2 Å². The lowest BCUT2D eigenvalue weighted by molar-refractivity contribution is -0.138. The Morgan fingerprint density at radius 3 is 2.65 bits per heavy atom. The number of halogens is 3. The number of aromatic nitrogens is 2. The lowest BCUT2D eigenvalue weighted by Gasteiger charge is -2.17. The van der Waals surface area contributed by atoms with Crippen LogP contribution in [0.15, 0.2) is 60.7 Å². The average Bonchev–Trinajstić information content (AvgIpc) is 3.30. The number of aryl methyl sites for hydroxylation is 1. The van der Waals surface area contributed by atoms with E-state index in [4.69, 9.17) is 4.74 Å². The molecule has 4 aromatic rings. The van der Waals surface area contributed by atoms with Crippen LogP contribution in [-0.2, 0) is 23.8 Å². The number of fused-ring (bicyclic) bond motifs is 2. The van der Waals surface area contributed by atoms with Gasteiger partial charge >= 0.3 is 12.1 Å². The van der Waals surface area contributed by atoms with Crippen LogP contribution in [0.1, 0.15) is 46.8 Å². The minimum Gasteiger partial charge on any atom is -0.493 e. The summed E-state index contributed by atoms with van der Waals surface area (Å²) in [5.74, 6) is -0.0498. The maximum atomic E-state index is 13.0. The van der Waals surface area contributed by atoms with Gasteiger partial charge in [0.05, 0.1) is 18.6 Å². The Labute approximate surface area is 211 Å². The van der Waals surface area contributed by atoms with Gasteiger partial charge in [-0.05, 0) is 66.4 Å². The van der Waals surface area contributed by atoms with Crippen molar-refractivity contribution >= 4 is 22.7 Å². The van der Waals surface area contributed by atoms with E-state index in [1.165, 1.54) is 17.7 Å². The highest BCUT2D eigenvalue weighted by Gasteiger charge is 2.30. The number of anilines is 1. The van der Waals surface area contributed by atoms with E-state index in [0.29, 0.717) is 30.0 Å². The van der Waals surface area contributed by atoms with Crippen LogP contribution in [0.5, 0.6) is 5.75 Å². The molecule has 1 atom stereocenters. The smallest absolute Gasteiger partial charge is 0.416 e. The van der Waals surface area contributed by atoms with Crippen LogP contribution in [0.3, 0.4) is 0 Å². The summed E-state index contributed by atoms with van der Waals surface area (Å²) in [4.78, 5) is 19.4.